The van der Waals surface area contributed by atoms with E-state index in [2.05, 4.69) is 31.3 Å². The molecule has 1 aliphatic rings. The molecule has 0 spiro atoms. The maximum absolute atomic E-state index is 12.5. The minimum absolute atomic E-state index is 0.0117. The number of ether oxygens (including phenoxy) is 1. The molecule has 0 saturated heterocycles. The van der Waals surface area contributed by atoms with Crippen molar-refractivity contribution in [1.82, 2.24) is 5.32 Å². The van der Waals surface area contributed by atoms with Crippen molar-refractivity contribution in [3.8, 4) is 5.75 Å². The smallest absolute Gasteiger partial charge is 0.221 e. The van der Waals surface area contributed by atoms with Crippen molar-refractivity contribution in [2.45, 2.75) is 50.2 Å². The van der Waals surface area contributed by atoms with Crippen LogP contribution in [0.25, 0.3) is 0 Å². The van der Waals surface area contributed by atoms with Gasteiger partial charge in [-0.1, -0.05) is 23.7 Å². The highest BCUT2D eigenvalue weighted by Gasteiger charge is 2.34. The summed E-state index contributed by atoms with van der Waals surface area (Å²) < 4.78 is 6.09. The number of rotatable bonds is 5. The van der Waals surface area contributed by atoms with Gasteiger partial charge in [0.1, 0.15) is 11.4 Å². The Morgan fingerprint density at radius 1 is 1.27 bits per heavy atom. The number of nitrogens with one attached hydrogen (secondary N) is 1. The quantitative estimate of drug-likeness (QED) is 0.681. The third-order valence-electron chi connectivity index (χ3n) is 4.37. The number of fused-ring (bicyclic) bond motifs is 1. The first-order valence-corrected chi connectivity index (χ1v) is 10.2. The zero-order chi connectivity index (χ0) is 18.7. The highest BCUT2D eigenvalue weighted by atomic mass is 35.5. The molecular formula is C21H24ClNO2S. The Morgan fingerprint density at radius 2 is 2.00 bits per heavy atom. The minimum Gasteiger partial charge on any atom is -0.487 e. The van der Waals surface area contributed by atoms with Crippen molar-refractivity contribution < 1.29 is 9.53 Å². The second-order valence-electron chi connectivity index (χ2n) is 7.28. The molecule has 138 valence electrons. The van der Waals surface area contributed by atoms with E-state index < -0.39 is 0 Å². The number of hydrogen-bond acceptors (Lipinski definition) is 3. The molecule has 1 amide bonds. The van der Waals surface area contributed by atoms with Gasteiger partial charge in [-0.05, 0) is 56.7 Å². The number of aryl methyl sites for hydroxylation is 1. The zero-order valence-corrected chi connectivity index (χ0v) is 16.9. The number of halogens is 1. The SMILES string of the molecule is Cc1ccc2c(c1)OC(C)(C)C[C@H]2NC(=O)CCSc1ccc(Cl)cc1. The Bertz CT molecular complexity index is 789. The molecule has 3 rings (SSSR count). The van der Waals surface area contributed by atoms with Gasteiger partial charge < -0.3 is 10.1 Å². The van der Waals surface area contributed by atoms with E-state index >= 15 is 0 Å². The second kappa shape index (κ2) is 7.93. The summed E-state index contributed by atoms with van der Waals surface area (Å²) in [6.07, 6.45) is 1.24. The molecule has 1 atom stereocenters. The summed E-state index contributed by atoms with van der Waals surface area (Å²) in [5, 5.41) is 3.92. The van der Waals surface area contributed by atoms with E-state index in [1.54, 1.807) is 11.8 Å². The van der Waals surface area contributed by atoms with Gasteiger partial charge in [0.15, 0.2) is 0 Å². The Balaban J connectivity index is 1.59. The van der Waals surface area contributed by atoms with Crippen LogP contribution in [0.5, 0.6) is 5.75 Å². The molecule has 1 N–H and O–H groups in total. The van der Waals surface area contributed by atoms with Gasteiger partial charge in [0.05, 0.1) is 6.04 Å². The van der Waals surface area contributed by atoms with Crippen LogP contribution < -0.4 is 10.1 Å². The van der Waals surface area contributed by atoms with Gasteiger partial charge in [0.25, 0.3) is 0 Å². The molecule has 0 bridgehead atoms. The molecule has 0 unspecified atom stereocenters. The molecule has 2 aromatic carbocycles. The molecule has 26 heavy (non-hydrogen) atoms. The average molecular weight is 390 g/mol. The maximum Gasteiger partial charge on any atom is 0.221 e. The predicted octanol–water partition coefficient (Wildman–Crippen LogP) is 5.55. The van der Waals surface area contributed by atoms with Crippen molar-refractivity contribution >= 4 is 29.3 Å². The fraction of sp³-hybridized carbons (Fsp3) is 0.381. The van der Waals surface area contributed by atoms with Gasteiger partial charge in [0, 0.05) is 34.1 Å². The summed E-state index contributed by atoms with van der Waals surface area (Å²) in [5.41, 5.74) is 1.93. The van der Waals surface area contributed by atoms with E-state index in [0.29, 0.717) is 6.42 Å². The van der Waals surface area contributed by atoms with Gasteiger partial charge >= 0.3 is 0 Å². The van der Waals surface area contributed by atoms with Crippen molar-refractivity contribution in [3.05, 3.63) is 58.6 Å². The lowest BCUT2D eigenvalue weighted by Crippen LogP contribution is -2.41. The van der Waals surface area contributed by atoms with Crippen LogP contribution in [0.15, 0.2) is 47.4 Å². The number of amides is 1. The van der Waals surface area contributed by atoms with Gasteiger partial charge in [-0.3, -0.25) is 4.79 Å². The van der Waals surface area contributed by atoms with Crippen molar-refractivity contribution in [2.24, 2.45) is 0 Å². The Kier molecular flexibility index (Phi) is 5.83. The maximum atomic E-state index is 12.5. The van der Waals surface area contributed by atoms with Crippen LogP contribution in [0, 0.1) is 6.92 Å². The van der Waals surface area contributed by atoms with E-state index in [1.165, 1.54) is 0 Å². The minimum atomic E-state index is -0.295. The van der Waals surface area contributed by atoms with Crippen LogP contribution in [-0.2, 0) is 4.79 Å². The number of thioether (sulfide) groups is 1. The van der Waals surface area contributed by atoms with E-state index in [4.69, 9.17) is 16.3 Å². The van der Waals surface area contributed by atoms with Crippen molar-refractivity contribution in [3.63, 3.8) is 0 Å². The lowest BCUT2D eigenvalue weighted by atomic mass is 9.89. The van der Waals surface area contributed by atoms with Crippen LogP contribution in [0.1, 0.15) is 43.9 Å². The lowest BCUT2D eigenvalue weighted by Gasteiger charge is -2.38. The summed E-state index contributed by atoms with van der Waals surface area (Å²) >= 11 is 7.56. The van der Waals surface area contributed by atoms with Crippen molar-refractivity contribution in [1.29, 1.82) is 0 Å². The molecule has 5 heteroatoms. The standard InChI is InChI=1S/C21H24ClNO2S/c1-14-4-9-17-18(13-21(2,3)25-19(17)12-14)23-20(24)10-11-26-16-7-5-15(22)6-8-16/h4-9,12,18H,10-11,13H2,1-3H3,(H,23,24)/t18-/m1/s1. The van der Waals surface area contributed by atoms with Gasteiger partial charge in [-0.15, -0.1) is 11.8 Å². The zero-order valence-electron chi connectivity index (χ0n) is 15.3. The first kappa shape index (κ1) is 19.1. The van der Waals surface area contributed by atoms with E-state index in [9.17, 15) is 4.79 Å². The number of carbonyl (C=O) groups excluding carboxylic acids is 1. The first-order valence-electron chi connectivity index (χ1n) is 8.80. The molecule has 0 aliphatic carbocycles. The monoisotopic (exact) mass is 389 g/mol. The largest absolute Gasteiger partial charge is 0.487 e. The fourth-order valence-corrected chi connectivity index (χ4v) is 4.12. The van der Waals surface area contributed by atoms with Crippen LogP contribution in [0.3, 0.4) is 0 Å². The molecular weight excluding hydrogens is 366 g/mol. The third-order valence-corrected chi connectivity index (χ3v) is 5.64. The Morgan fingerprint density at radius 3 is 2.73 bits per heavy atom. The predicted molar refractivity (Wildman–Crippen MR) is 108 cm³/mol. The second-order valence-corrected chi connectivity index (χ2v) is 8.88. The summed E-state index contributed by atoms with van der Waals surface area (Å²) in [5.74, 6) is 1.68. The summed E-state index contributed by atoms with van der Waals surface area (Å²) in [4.78, 5) is 13.6. The topological polar surface area (TPSA) is 38.3 Å². The Labute approximate surface area is 164 Å². The normalized spacial score (nSPS) is 17.9. The number of carbonyl (C=O) groups is 1. The van der Waals surface area contributed by atoms with Gasteiger partial charge in [-0.2, -0.15) is 0 Å². The van der Waals surface area contributed by atoms with Crippen molar-refractivity contribution in [2.75, 3.05) is 5.75 Å². The summed E-state index contributed by atoms with van der Waals surface area (Å²) in [7, 11) is 0. The van der Waals surface area contributed by atoms with Crippen LogP contribution in [0.4, 0.5) is 0 Å². The van der Waals surface area contributed by atoms with E-state index in [1.807, 2.05) is 37.3 Å². The van der Waals surface area contributed by atoms with E-state index in [0.717, 1.165) is 39.0 Å². The number of hydrogen-bond donors (Lipinski definition) is 1. The molecule has 1 aliphatic heterocycles. The molecule has 3 nitrogen and oxygen atoms in total. The van der Waals surface area contributed by atoms with E-state index in [-0.39, 0.29) is 17.6 Å². The summed E-state index contributed by atoms with van der Waals surface area (Å²) in [6, 6.07) is 13.9. The average Bonchev–Trinajstić information content (AvgIpc) is 2.55. The Hall–Kier alpha value is -1.65. The first-order chi connectivity index (χ1) is 12.3. The van der Waals surface area contributed by atoms with Gasteiger partial charge in [-0.25, -0.2) is 0 Å². The van der Waals surface area contributed by atoms with Crippen LogP contribution in [-0.4, -0.2) is 17.3 Å². The molecule has 0 radical (unpaired) electrons. The molecule has 0 aromatic heterocycles. The third kappa shape index (κ3) is 4.95. The van der Waals surface area contributed by atoms with Gasteiger partial charge in [0.2, 0.25) is 5.91 Å². The molecule has 0 saturated carbocycles. The highest BCUT2D eigenvalue weighted by molar-refractivity contribution is 7.99. The molecule has 0 fully saturated rings. The lowest BCUT2D eigenvalue weighted by molar-refractivity contribution is -0.121. The number of benzene rings is 2. The summed E-state index contributed by atoms with van der Waals surface area (Å²) in [6.45, 7) is 6.18. The molecule has 1 heterocycles. The van der Waals surface area contributed by atoms with Crippen LogP contribution in [0.2, 0.25) is 5.02 Å². The highest BCUT2D eigenvalue weighted by Crippen LogP contribution is 2.39. The molecule has 2 aromatic rings. The van der Waals surface area contributed by atoms with Crippen LogP contribution >= 0.6 is 23.4 Å². The fourth-order valence-electron chi connectivity index (χ4n) is 3.15.